The number of nitrogens with one attached hydrogen (secondary N) is 2. The van der Waals surface area contributed by atoms with Gasteiger partial charge < -0.3 is 15.7 Å². The lowest BCUT2D eigenvalue weighted by molar-refractivity contribution is 0.0617. The molecule has 0 saturated heterocycles. The number of benzene rings is 1. The number of guanidine groups is 1. The molecule has 29 heavy (non-hydrogen) atoms. The Balaban J connectivity index is 1.64. The van der Waals surface area contributed by atoms with E-state index in [2.05, 4.69) is 25.6 Å². The zero-order chi connectivity index (χ0) is 20.7. The lowest BCUT2D eigenvalue weighted by Gasteiger charge is -2.25. The van der Waals surface area contributed by atoms with E-state index in [0.29, 0.717) is 19.0 Å². The zero-order valence-electron chi connectivity index (χ0n) is 17.1. The summed E-state index contributed by atoms with van der Waals surface area (Å²) in [5, 5.41) is 17.2. The molecule has 0 saturated carbocycles. The summed E-state index contributed by atoms with van der Waals surface area (Å²) in [4.78, 5) is 13.3. The van der Waals surface area contributed by atoms with Crippen molar-refractivity contribution in [1.82, 2.24) is 25.2 Å². The number of nitrogens with zero attached hydrogens (tertiary/aromatic N) is 4. The maximum Gasteiger partial charge on any atom is 0.191 e. The highest BCUT2D eigenvalue weighted by molar-refractivity contribution is 5.79. The number of pyridine rings is 1. The minimum Gasteiger partial charge on any atom is -0.384 e. The summed E-state index contributed by atoms with van der Waals surface area (Å²) in [6.45, 7) is 7.31. The molecule has 0 spiro atoms. The van der Waals surface area contributed by atoms with Crippen LogP contribution in [-0.4, -0.2) is 38.7 Å². The monoisotopic (exact) mass is 392 g/mol. The van der Waals surface area contributed by atoms with Crippen molar-refractivity contribution in [1.29, 1.82) is 0 Å². The number of aliphatic hydroxyl groups is 1. The first-order valence-electron chi connectivity index (χ1n) is 9.75. The van der Waals surface area contributed by atoms with Crippen LogP contribution in [0.5, 0.6) is 0 Å². The van der Waals surface area contributed by atoms with E-state index in [1.807, 2.05) is 73.3 Å². The van der Waals surface area contributed by atoms with E-state index >= 15 is 0 Å². The number of hydrogen-bond acceptors (Lipinski definition) is 4. The fourth-order valence-corrected chi connectivity index (χ4v) is 2.94. The van der Waals surface area contributed by atoms with Crippen LogP contribution in [0.25, 0.3) is 5.82 Å². The molecule has 2 aromatic heterocycles. The molecule has 1 unspecified atom stereocenters. The summed E-state index contributed by atoms with van der Waals surface area (Å²) in [6.07, 6.45) is 5.47. The van der Waals surface area contributed by atoms with Crippen molar-refractivity contribution < 1.29 is 5.11 Å². The van der Waals surface area contributed by atoms with Gasteiger partial charge in [0.1, 0.15) is 17.2 Å². The van der Waals surface area contributed by atoms with E-state index in [1.54, 1.807) is 13.1 Å². The predicted octanol–water partition coefficient (Wildman–Crippen LogP) is 2.54. The zero-order valence-corrected chi connectivity index (χ0v) is 17.1. The van der Waals surface area contributed by atoms with Crippen LogP contribution in [0, 0.1) is 6.92 Å². The van der Waals surface area contributed by atoms with Gasteiger partial charge in [0.2, 0.25) is 0 Å². The van der Waals surface area contributed by atoms with Crippen LogP contribution in [0.2, 0.25) is 0 Å². The van der Waals surface area contributed by atoms with Crippen LogP contribution in [0.15, 0.2) is 66.0 Å². The molecule has 7 nitrogen and oxygen atoms in total. The van der Waals surface area contributed by atoms with Crippen molar-refractivity contribution in [3.63, 3.8) is 0 Å². The van der Waals surface area contributed by atoms with E-state index in [1.165, 1.54) is 0 Å². The number of imidazole rings is 1. The summed E-state index contributed by atoms with van der Waals surface area (Å²) in [5.41, 5.74) is 0.861. The van der Waals surface area contributed by atoms with Crippen molar-refractivity contribution >= 4 is 5.96 Å². The molecular formula is C22H28N6O. The van der Waals surface area contributed by atoms with E-state index in [0.717, 1.165) is 29.3 Å². The summed E-state index contributed by atoms with van der Waals surface area (Å²) < 4.78 is 1.93. The molecule has 0 bridgehead atoms. The molecule has 0 radical (unpaired) electrons. The van der Waals surface area contributed by atoms with Crippen LogP contribution in [0.4, 0.5) is 0 Å². The van der Waals surface area contributed by atoms with E-state index < -0.39 is 5.60 Å². The fourth-order valence-electron chi connectivity index (χ4n) is 2.94. The van der Waals surface area contributed by atoms with Gasteiger partial charge in [0, 0.05) is 25.1 Å². The molecule has 152 valence electrons. The Morgan fingerprint density at radius 3 is 2.55 bits per heavy atom. The normalized spacial score (nSPS) is 13.7. The highest BCUT2D eigenvalue weighted by atomic mass is 16.3. The molecule has 0 amide bonds. The first kappa shape index (κ1) is 20.5. The van der Waals surface area contributed by atoms with Gasteiger partial charge in [-0.2, -0.15) is 0 Å². The lowest BCUT2D eigenvalue weighted by atomic mass is 9.96. The first-order valence-corrected chi connectivity index (χ1v) is 9.75. The van der Waals surface area contributed by atoms with Crippen LogP contribution >= 0.6 is 0 Å². The highest BCUT2D eigenvalue weighted by Crippen LogP contribution is 2.18. The molecule has 3 rings (SSSR count). The number of aryl methyl sites for hydroxylation is 1. The topological polar surface area (TPSA) is 87.4 Å². The van der Waals surface area contributed by atoms with Gasteiger partial charge in [0.25, 0.3) is 0 Å². The fraction of sp³-hybridized carbons (Fsp3) is 0.318. The highest BCUT2D eigenvalue weighted by Gasteiger charge is 2.22. The molecule has 1 aromatic carbocycles. The van der Waals surface area contributed by atoms with Gasteiger partial charge in [-0.15, -0.1) is 0 Å². The van der Waals surface area contributed by atoms with Gasteiger partial charge in [-0.1, -0.05) is 36.4 Å². The third-order valence-electron chi connectivity index (χ3n) is 4.64. The number of aliphatic imine (C=N–C) groups is 1. The largest absolute Gasteiger partial charge is 0.384 e. The second-order valence-electron chi connectivity index (χ2n) is 7.06. The predicted molar refractivity (Wildman–Crippen MR) is 115 cm³/mol. The summed E-state index contributed by atoms with van der Waals surface area (Å²) in [6, 6.07) is 13.6. The average Bonchev–Trinajstić information content (AvgIpc) is 3.17. The van der Waals surface area contributed by atoms with Crippen LogP contribution in [0.1, 0.15) is 30.8 Å². The molecular weight excluding hydrogens is 364 g/mol. The van der Waals surface area contributed by atoms with Crippen molar-refractivity contribution in [3.05, 3.63) is 78.0 Å². The maximum absolute atomic E-state index is 10.8. The molecule has 0 fully saturated rings. The molecule has 0 aliphatic heterocycles. The van der Waals surface area contributed by atoms with Gasteiger partial charge >= 0.3 is 0 Å². The van der Waals surface area contributed by atoms with E-state index in [4.69, 9.17) is 0 Å². The minimum atomic E-state index is -0.997. The molecule has 0 aliphatic rings. The second kappa shape index (κ2) is 9.34. The minimum absolute atomic E-state index is 0.347. The van der Waals surface area contributed by atoms with Crippen molar-refractivity contribution in [2.45, 2.75) is 32.9 Å². The Hall–Kier alpha value is -3.19. The Morgan fingerprint density at radius 1 is 1.14 bits per heavy atom. The van der Waals surface area contributed by atoms with Gasteiger partial charge in [-0.25, -0.2) is 15.0 Å². The SMILES string of the molecule is CCNC(=NCc1ccc(-n2ccnc2C)nc1)NCC(C)(O)c1ccccc1. The summed E-state index contributed by atoms with van der Waals surface area (Å²) in [7, 11) is 0. The van der Waals surface area contributed by atoms with Gasteiger partial charge in [0.05, 0.1) is 13.1 Å². The van der Waals surface area contributed by atoms with Gasteiger partial charge in [-0.3, -0.25) is 4.57 Å². The van der Waals surface area contributed by atoms with Crippen LogP contribution in [0.3, 0.4) is 0 Å². The molecule has 0 aliphatic carbocycles. The summed E-state index contributed by atoms with van der Waals surface area (Å²) >= 11 is 0. The molecule has 3 N–H and O–H groups in total. The molecule has 1 atom stereocenters. The quantitative estimate of drug-likeness (QED) is 0.425. The number of hydrogen-bond donors (Lipinski definition) is 3. The second-order valence-corrected chi connectivity index (χ2v) is 7.06. The Morgan fingerprint density at radius 2 is 1.93 bits per heavy atom. The van der Waals surface area contributed by atoms with Crippen LogP contribution in [-0.2, 0) is 12.1 Å². The third-order valence-corrected chi connectivity index (χ3v) is 4.64. The standard InChI is InChI=1S/C22H28N6O/c1-4-23-21(27-16-22(3,29)19-8-6-5-7-9-19)26-15-18-10-11-20(25-14-18)28-13-12-24-17(28)2/h5-14,29H,4,15-16H2,1-3H3,(H2,23,26,27). The molecule has 3 aromatic rings. The molecule has 2 heterocycles. The van der Waals surface area contributed by atoms with Gasteiger partial charge in [0.15, 0.2) is 5.96 Å². The third kappa shape index (κ3) is 5.42. The van der Waals surface area contributed by atoms with Crippen molar-refractivity contribution in [2.24, 2.45) is 4.99 Å². The average molecular weight is 393 g/mol. The van der Waals surface area contributed by atoms with E-state index in [9.17, 15) is 5.11 Å². The summed E-state index contributed by atoms with van der Waals surface area (Å²) in [5.74, 6) is 2.38. The smallest absolute Gasteiger partial charge is 0.191 e. The van der Waals surface area contributed by atoms with Crippen molar-refractivity contribution in [2.75, 3.05) is 13.1 Å². The van der Waals surface area contributed by atoms with Crippen molar-refractivity contribution in [3.8, 4) is 5.82 Å². The number of aromatic nitrogens is 3. The molecule has 7 heteroatoms. The number of rotatable bonds is 7. The van der Waals surface area contributed by atoms with Gasteiger partial charge in [-0.05, 0) is 38.0 Å². The van der Waals surface area contributed by atoms with Crippen LogP contribution < -0.4 is 10.6 Å². The lowest BCUT2D eigenvalue weighted by Crippen LogP contribution is -2.44. The first-order chi connectivity index (χ1) is 14.0. The Kier molecular flexibility index (Phi) is 6.61. The Labute approximate surface area is 171 Å². The maximum atomic E-state index is 10.8. The Bertz CT molecular complexity index is 931. The van der Waals surface area contributed by atoms with E-state index in [-0.39, 0.29) is 0 Å².